The SMILES string of the molecule is O=C(Nc1cc(C(F)(F)F)ccc1Cl)N1CCCc2ccccc21. The Labute approximate surface area is 142 Å². The molecule has 2 aromatic rings. The zero-order chi connectivity index (χ0) is 17.3. The summed E-state index contributed by atoms with van der Waals surface area (Å²) in [7, 11) is 0. The molecular formula is C17H14ClF3N2O. The van der Waals surface area contributed by atoms with E-state index < -0.39 is 17.8 Å². The second-order valence-corrected chi connectivity index (χ2v) is 5.91. The average molecular weight is 355 g/mol. The second-order valence-electron chi connectivity index (χ2n) is 5.51. The summed E-state index contributed by atoms with van der Waals surface area (Å²) in [6, 6.07) is 9.83. The number of amides is 2. The van der Waals surface area contributed by atoms with Crippen LogP contribution in [-0.4, -0.2) is 12.6 Å². The van der Waals surface area contributed by atoms with Gasteiger partial charge in [-0.05, 0) is 42.7 Å². The van der Waals surface area contributed by atoms with Gasteiger partial charge in [-0.3, -0.25) is 4.90 Å². The number of para-hydroxylation sites is 1. The molecule has 0 aromatic heterocycles. The van der Waals surface area contributed by atoms with Crippen LogP contribution in [0.5, 0.6) is 0 Å². The summed E-state index contributed by atoms with van der Waals surface area (Å²) in [6.45, 7) is 0.499. The number of urea groups is 1. The Balaban J connectivity index is 1.86. The fourth-order valence-electron chi connectivity index (χ4n) is 2.72. The molecule has 0 bridgehead atoms. The lowest BCUT2D eigenvalue weighted by Crippen LogP contribution is -2.38. The first-order valence-corrected chi connectivity index (χ1v) is 7.77. The monoisotopic (exact) mass is 354 g/mol. The molecule has 3 nitrogen and oxygen atoms in total. The molecule has 0 fully saturated rings. The number of rotatable bonds is 1. The van der Waals surface area contributed by atoms with E-state index >= 15 is 0 Å². The lowest BCUT2D eigenvalue weighted by molar-refractivity contribution is -0.137. The highest BCUT2D eigenvalue weighted by Crippen LogP contribution is 2.34. The number of nitrogens with zero attached hydrogens (tertiary/aromatic N) is 1. The first kappa shape index (κ1) is 16.6. The van der Waals surface area contributed by atoms with Crippen LogP contribution in [0.15, 0.2) is 42.5 Å². The minimum Gasteiger partial charge on any atom is -0.306 e. The van der Waals surface area contributed by atoms with E-state index in [0.29, 0.717) is 6.54 Å². The summed E-state index contributed by atoms with van der Waals surface area (Å²) >= 11 is 5.93. The van der Waals surface area contributed by atoms with Gasteiger partial charge in [-0.2, -0.15) is 13.2 Å². The van der Waals surface area contributed by atoms with Crippen LogP contribution >= 0.6 is 11.6 Å². The number of carbonyl (C=O) groups is 1. The first-order chi connectivity index (χ1) is 11.4. The minimum atomic E-state index is -4.50. The quantitative estimate of drug-likeness (QED) is 0.736. The van der Waals surface area contributed by atoms with Gasteiger partial charge < -0.3 is 5.32 Å². The van der Waals surface area contributed by atoms with Gasteiger partial charge in [0.2, 0.25) is 0 Å². The zero-order valence-corrected chi connectivity index (χ0v) is 13.3. The lowest BCUT2D eigenvalue weighted by Gasteiger charge is -2.29. The fraction of sp³-hybridized carbons (Fsp3) is 0.235. The van der Waals surface area contributed by atoms with Crippen molar-refractivity contribution in [3.63, 3.8) is 0 Å². The largest absolute Gasteiger partial charge is 0.416 e. The topological polar surface area (TPSA) is 32.3 Å². The van der Waals surface area contributed by atoms with Crippen molar-refractivity contribution < 1.29 is 18.0 Å². The van der Waals surface area contributed by atoms with Crippen LogP contribution in [0.2, 0.25) is 5.02 Å². The lowest BCUT2D eigenvalue weighted by atomic mass is 10.0. The third-order valence-electron chi connectivity index (χ3n) is 3.89. The predicted molar refractivity (Wildman–Crippen MR) is 87.6 cm³/mol. The van der Waals surface area contributed by atoms with Crippen molar-refractivity contribution in [1.82, 2.24) is 0 Å². The van der Waals surface area contributed by atoms with Crippen LogP contribution in [0.1, 0.15) is 17.5 Å². The Hall–Kier alpha value is -2.21. The number of carbonyl (C=O) groups excluding carboxylic acids is 1. The number of aryl methyl sites for hydroxylation is 1. The number of benzene rings is 2. The van der Waals surface area contributed by atoms with Crippen LogP contribution in [0, 0.1) is 0 Å². The molecule has 0 radical (unpaired) electrons. The first-order valence-electron chi connectivity index (χ1n) is 7.39. The molecular weight excluding hydrogens is 341 g/mol. The Morgan fingerprint density at radius 1 is 1.17 bits per heavy atom. The maximum Gasteiger partial charge on any atom is 0.416 e. The van der Waals surface area contributed by atoms with Crippen LogP contribution < -0.4 is 10.2 Å². The molecule has 1 heterocycles. The molecule has 0 aliphatic carbocycles. The van der Waals surface area contributed by atoms with Crippen LogP contribution in [-0.2, 0) is 12.6 Å². The average Bonchev–Trinajstić information content (AvgIpc) is 2.55. The maximum atomic E-state index is 12.8. The summed E-state index contributed by atoms with van der Waals surface area (Å²) in [5.74, 6) is 0. The minimum absolute atomic E-state index is 0.0560. The Bertz CT molecular complexity index is 777. The maximum absolute atomic E-state index is 12.8. The summed E-state index contributed by atoms with van der Waals surface area (Å²) in [5, 5.41) is 2.55. The fourth-order valence-corrected chi connectivity index (χ4v) is 2.89. The van der Waals surface area contributed by atoms with Gasteiger partial charge >= 0.3 is 12.2 Å². The molecule has 1 N–H and O–H groups in total. The van der Waals surface area contributed by atoms with Gasteiger partial charge in [0.05, 0.1) is 16.3 Å². The Morgan fingerprint density at radius 2 is 1.92 bits per heavy atom. The van der Waals surface area contributed by atoms with Crippen molar-refractivity contribution in [2.24, 2.45) is 0 Å². The molecule has 0 saturated carbocycles. The van der Waals surface area contributed by atoms with Gasteiger partial charge in [-0.25, -0.2) is 4.79 Å². The molecule has 0 spiro atoms. The van der Waals surface area contributed by atoms with Gasteiger partial charge in [-0.15, -0.1) is 0 Å². The third-order valence-corrected chi connectivity index (χ3v) is 4.22. The van der Waals surface area contributed by atoms with Gasteiger partial charge in [0, 0.05) is 12.2 Å². The molecule has 0 saturated heterocycles. The van der Waals surface area contributed by atoms with Crippen LogP contribution in [0.3, 0.4) is 0 Å². The highest BCUT2D eigenvalue weighted by molar-refractivity contribution is 6.33. The van der Waals surface area contributed by atoms with E-state index in [1.54, 1.807) is 0 Å². The summed E-state index contributed by atoms with van der Waals surface area (Å²) in [6.07, 6.45) is -2.84. The molecule has 126 valence electrons. The van der Waals surface area contributed by atoms with E-state index in [9.17, 15) is 18.0 Å². The number of hydrogen-bond acceptors (Lipinski definition) is 1. The molecule has 1 aliphatic heterocycles. The van der Waals surface area contributed by atoms with E-state index in [0.717, 1.165) is 42.3 Å². The summed E-state index contributed by atoms with van der Waals surface area (Å²) in [5.41, 5.74) is 0.888. The van der Waals surface area contributed by atoms with E-state index in [-0.39, 0.29) is 10.7 Å². The van der Waals surface area contributed by atoms with Crippen molar-refractivity contribution >= 4 is 29.0 Å². The van der Waals surface area contributed by atoms with E-state index in [2.05, 4.69) is 5.32 Å². The van der Waals surface area contributed by atoms with Crippen molar-refractivity contribution in [1.29, 1.82) is 0 Å². The molecule has 2 aromatic carbocycles. The zero-order valence-electron chi connectivity index (χ0n) is 12.5. The molecule has 1 aliphatic rings. The highest BCUT2D eigenvalue weighted by Gasteiger charge is 2.31. The van der Waals surface area contributed by atoms with Gasteiger partial charge in [-0.1, -0.05) is 29.8 Å². The predicted octanol–water partition coefficient (Wildman–Crippen LogP) is 5.34. The van der Waals surface area contributed by atoms with Crippen molar-refractivity contribution in [3.8, 4) is 0 Å². The van der Waals surface area contributed by atoms with Crippen LogP contribution in [0.4, 0.5) is 29.3 Å². The van der Waals surface area contributed by atoms with Crippen molar-refractivity contribution in [2.75, 3.05) is 16.8 Å². The summed E-state index contributed by atoms with van der Waals surface area (Å²) < 4.78 is 38.5. The number of hydrogen-bond donors (Lipinski definition) is 1. The van der Waals surface area contributed by atoms with Gasteiger partial charge in [0.15, 0.2) is 0 Å². The third kappa shape index (κ3) is 3.33. The van der Waals surface area contributed by atoms with Crippen molar-refractivity contribution in [2.45, 2.75) is 19.0 Å². The number of anilines is 2. The van der Waals surface area contributed by atoms with E-state index in [1.165, 1.54) is 4.90 Å². The molecule has 0 unspecified atom stereocenters. The molecule has 24 heavy (non-hydrogen) atoms. The van der Waals surface area contributed by atoms with Crippen molar-refractivity contribution in [3.05, 3.63) is 58.6 Å². The Kier molecular flexibility index (Phi) is 4.41. The number of halogens is 4. The number of alkyl halides is 3. The smallest absolute Gasteiger partial charge is 0.306 e. The summed E-state index contributed by atoms with van der Waals surface area (Å²) in [4.78, 5) is 14.0. The molecule has 2 amide bonds. The van der Waals surface area contributed by atoms with Gasteiger partial charge in [0.1, 0.15) is 0 Å². The second kappa shape index (κ2) is 6.36. The molecule has 0 atom stereocenters. The van der Waals surface area contributed by atoms with Gasteiger partial charge in [0.25, 0.3) is 0 Å². The number of nitrogens with one attached hydrogen (secondary N) is 1. The van der Waals surface area contributed by atoms with E-state index in [4.69, 9.17) is 11.6 Å². The van der Waals surface area contributed by atoms with E-state index in [1.807, 2.05) is 24.3 Å². The standard InChI is InChI=1S/C17H14ClF3N2O/c18-13-8-7-12(17(19,20)21)10-14(13)22-16(24)23-9-3-5-11-4-1-2-6-15(11)23/h1-2,4,6-8,10H,3,5,9H2,(H,22,24). The highest BCUT2D eigenvalue weighted by atomic mass is 35.5. The normalized spacial score (nSPS) is 14.2. The Morgan fingerprint density at radius 3 is 2.67 bits per heavy atom. The van der Waals surface area contributed by atoms with Crippen LogP contribution in [0.25, 0.3) is 0 Å². The number of fused-ring (bicyclic) bond motifs is 1. The molecule has 7 heteroatoms. The molecule has 3 rings (SSSR count).